The molecular weight excluding hydrogens is 1310 g/mol. The summed E-state index contributed by atoms with van der Waals surface area (Å²) in [5, 5.41) is 267. The lowest BCUT2D eigenvalue weighted by Crippen LogP contribution is -2.70. The molecule has 0 saturated carbocycles. The molecule has 8 fully saturated rings. The molecule has 8 rings (SSSR count). The zero-order valence-electron chi connectivity index (χ0n) is 50.4. The topological polar surface area (TPSA) is 682 Å². The molecule has 40 atom stereocenters. The number of aliphatic hydroxyl groups is 24. The Morgan fingerprint density at radius 3 is 1.02 bits per heavy atom. The lowest BCUT2D eigenvalue weighted by atomic mass is 9.94. The first-order valence-electron chi connectivity index (χ1n) is 30.1. The highest BCUT2D eigenvalue weighted by atomic mass is 16.8. The van der Waals surface area contributed by atoms with Gasteiger partial charge in [-0.3, -0.25) is 9.59 Å². The molecule has 0 bridgehead atoms. The highest BCUT2D eigenvalue weighted by molar-refractivity contribution is 5.73. The van der Waals surface area contributed by atoms with Crippen molar-refractivity contribution in [2.75, 3.05) is 52.9 Å². The van der Waals surface area contributed by atoms with Crippen molar-refractivity contribution in [3.05, 3.63) is 0 Å². The van der Waals surface area contributed by atoms with Gasteiger partial charge in [-0.25, -0.2) is 0 Å². The summed E-state index contributed by atoms with van der Waals surface area (Å²) in [5.74, 6) is -1.66. The van der Waals surface area contributed by atoms with Gasteiger partial charge in [0.2, 0.25) is 11.8 Å². The molecule has 0 aromatic rings. The summed E-state index contributed by atoms with van der Waals surface area (Å²) in [4.78, 5) is 24.8. The van der Waals surface area contributed by atoms with E-state index < -0.39 is 310 Å². The molecule has 43 heteroatoms. The highest BCUT2D eigenvalue weighted by Crippen LogP contribution is 2.39. The molecule has 0 radical (unpaired) electrons. The summed E-state index contributed by atoms with van der Waals surface area (Å²) in [7, 11) is 0. The average Bonchev–Trinajstić information content (AvgIpc) is 0.774. The Balaban J connectivity index is 1.10. The minimum absolute atomic E-state index is 0.759. The van der Waals surface area contributed by atoms with Gasteiger partial charge in [0.25, 0.3) is 0 Å². The van der Waals surface area contributed by atoms with Gasteiger partial charge in [0.05, 0.1) is 52.9 Å². The molecule has 26 N–H and O–H groups in total. The fourth-order valence-corrected chi connectivity index (χ4v) is 12.1. The van der Waals surface area contributed by atoms with Crippen molar-refractivity contribution in [2.45, 2.75) is 259 Å². The van der Waals surface area contributed by atoms with Gasteiger partial charge in [-0.1, -0.05) is 0 Å². The standard InChI is InChI=1S/C52H88N2O41/c1-11(62)53-21-29(70)39(18(8-60)82-45(21)80)90-46-22(54-12(2)63)30(71)40(19(9-61)88-46)91-50-38(79)42(28(69)20(89-50)10-81-47-35(76)31(72)23(64)13(3-55)83-47)93-51-44(34(75)26(67)15(5-57)86-51)95-52-43(33(74)25(66)16(6-58)87-52)94-49-37(78)41(27(68)17(7-59)85-49)92-48-36(77)32(73)24(65)14(4-56)84-48/h13-52,55-61,64-80H,3-10H2,1-2H3,(H,53,62)(H,54,63)/t13-,14-,15-,16-,17-,18-,19-,20-,21-,22-,23-,24-,25-,26-,27-,28-,29-,30-,31+,32+,33+,34+,35+,36-,37+,38+,39-,40-,41+,42+,43+,44+,45-,46+,47+,48-,49-,50+,51-,52-/m1/s1. The molecule has 0 aromatic carbocycles. The van der Waals surface area contributed by atoms with Gasteiger partial charge in [-0.2, -0.15) is 0 Å². The Morgan fingerprint density at radius 1 is 0.274 bits per heavy atom. The van der Waals surface area contributed by atoms with Crippen molar-refractivity contribution in [2.24, 2.45) is 0 Å². The van der Waals surface area contributed by atoms with Crippen LogP contribution in [0.1, 0.15) is 13.8 Å². The minimum atomic E-state index is -2.48. The summed E-state index contributed by atoms with van der Waals surface area (Å²) in [6.07, 6.45) is -78.7. The summed E-state index contributed by atoms with van der Waals surface area (Å²) >= 11 is 0. The second-order valence-electron chi connectivity index (χ2n) is 23.9. The van der Waals surface area contributed by atoms with Crippen molar-refractivity contribution in [1.82, 2.24) is 10.6 Å². The number of amides is 2. The van der Waals surface area contributed by atoms with Crippen LogP contribution >= 0.6 is 0 Å². The number of aliphatic hydroxyl groups excluding tert-OH is 24. The number of hydrogen-bond donors (Lipinski definition) is 26. The van der Waals surface area contributed by atoms with Gasteiger partial charge in [0, 0.05) is 13.8 Å². The molecule has 8 heterocycles. The largest absolute Gasteiger partial charge is 0.394 e. The first-order valence-corrected chi connectivity index (χ1v) is 30.1. The number of carbonyl (C=O) groups excluding carboxylic acids is 2. The van der Waals surface area contributed by atoms with Crippen LogP contribution in [0.15, 0.2) is 0 Å². The van der Waals surface area contributed by atoms with Gasteiger partial charge in [-0.15, -0.1) is 0 Å². The molecular formula is C52H88N2O41. The quantitative estimate of drug-likeness (QED) is 0.0427. The van der Waals surface area contributed by atoms with Gasteiger partial charge in [-0.05, 0) is 0 Å². The summed E-state index contributed by atoms with van der Waals surface area (Å²) in [6, 6.07) is -3.45. The van der Waals surface area contributed by atoms with Gasteiger partial charge >= 0.3 is 0 Å². The van der Waals surface area contributed by atoms with Crippen LogP contribution in [-0.4, -0.2) is 433 Å². The number of carbonyl (C=O) groups is 2. The van der Waals surface area contributed by atoms with E-state index in [2.05, 4.69) is 10.6 Å². The van der Waals surface area contributed by atoms with Crippen LogP contribution in [0.3, 0.4) is 0 Å². The van der Waals surface area contributed by atoms with E-state index in [0.717, 1.165) is 13.8 Å². The van der Waals surface area contributed by atoms with Gasteiger partial charge in [0.1, 0.15) is 195 Å². The zero-order chi connectivity index (χ0) is 69.9. The molecule has 0 aliphatic carbocycles. The number of ether oxygens (including phenoxy) is 15. The van der Waals surface area contributed by atoms with E-state index in [1.807, 2.05) is 0 Å². The van der Waals surface area contributed by atoms with Crippen molar-refractivity contribution in [3.63, 3.8) is 0 Å². The first-order chi connectivity index (χ1) is 45.0. The van der Waals surface area contributed by atoms with Crippen LogP contribution in [-0.2, 0) is 80.6 Å². The molecule has 8 aliphatic heterocycles. The van der Waals surface area contributed by atoms with E-state index in [1.54, 1.807) is 0 Å². The van der Waals surface area contributed by atoms with Crippen molar-refractivity contribution in [3.8, 4) is 0 Å². The zero-order valence-corrected chi connectivity index (χ0v) is 50.4. The van der Waals surface area contributed by atoms with E-state index in [9.17, 15) is 132 Å². The molecule has 0 spiro atoms. The minimum Gasteiger partial charge on any atom is -0.394 e. The van der Waals surface area contributed by atoms with Crippen LogP contribution < -0.4 is 10.6 Å². The number of nitrogens with one attached hydrogen (secondary N) is 2. The van der Waals surface area contributed by atoms with E-state index >= 15 is 0 Å². The second kappa shape index (κ2) is 33.9. The van der Waals surface area contributed by atoms with Crippen LogP contribution in [0.5, 0.6) is 0 Å². The molecule has 0 unspecified atom stereocenters. The Bertz CT molecular complexity index is 2380. The third kappa shape index (κ3) is 16.8. The fourth-order valence-electron chi connectivity index (χ4n) is 12.1. The van der Waals surface area contributed by atoms with E-state index in [4.69, 9.17) is 71.1 Å². The lowest BCUT2D eigenvalue weighted by Gasteiger charge is -2.51. The third-order valence-corrected chi connectivity index (χ3v) is 17.4. The van der Waals surface area contributed by atoms with Gasteiger partial charge in [0.15, 0.2) is 50.3 Å². The second-order valence-corrected chi connectivity index (χ2v) is 23.9. The van der Waals surface area contributed by atoms with Crippen LogP contribution in [0, 0.1) is 0 Å². The lowest BCUT2D eigenvalue weighted by molar-refractivity contribution is -0.410. The van der Waals surface area contributed by atoms with Crippen molar-refractivity contribution in [1.29, 1.82) is 0 Å². The predicted octanol–water partition coefficient (Wildman–Crippen LogP) is -18.2. The first kappa shape index (κ1) is 78.1. The average molecular weight is 1400 g/mol. The van der Waals surface area contributed by atoms with Crippen molar-refractivity contribution < 1.29 is 203 Å². The Kier molecular flexibility index (Phi) is 27.9. The van der Waals surface area contributed by atoms with E-state index in [1.165, 1.54) is 0 Å². The molecule has 43 nitrogen and oxygen atoms in total. The van der Waals surface area contributed by atoms with Crippen molar-refractivity contribution >= 4 is 11.8 Å². The van der Waals surface area contributed by atoms with E-state index in [0.29, 0.717) is 0 Å². The Labute approximate surface area is 536 Å². The summed E-state index contributed by atoms with van der Waals surface area (Å²) < 4.78 is 86.8. The maximum absolute atomic E-state index is 12.8. The Hall–Kier alpha value is -2.62. The van der Waals surface area contributed by atoms with Crippen LogP contribution in [0.2, 0.25) is 0 Å². The molecule has 2 amide bonds. The number of hydrogen-bond acceptors (Lipinski definition) is 41. The maximum Gasteiger partial charge on any atom is 0.217 e. The SMILES string of the molecule is CC(=O)N[C@@H]1[C@@H](O)[C@H](O[C@@H]2O[C@H](CO)[C@@H](O[C@@H]3O[C@H](CO[C@H]4O[C@H](CO)[C@@H](O)[C@H](O)[C@@H]4O)[C@@H](O)[C@H](O[C@H]4O[C@H](CO)[C@@H](O)[C@H](O)[C@@H]4O[C@H]4O[C@H](CO)[C@@H](O)[C@H](O)[C@@H]4O[C@H]4O[C@H](CO)[C@@H](O)[C@H](O[C@H]5O[C@H](CO)[C@@H](O)[C@H](O)[C@H]5O)[C@@H]4O)[C@@H]3O)[C@H](O)[C@H]2NC(C)=O)[C@@H](CO)O[C@H]1O. The van der Waals surface area contributed by atoms with E-state index in [-0.39, 0.29) is 0 Å². The number of rotatable bonds is 24. The third-order valence-electron chi connectivity index (χ3n) is 17.4. The normalized spacial score (nSPS) is 50.8. The summed E-state index contributed by atoms with van der Waals surface area (Å²) in [5.41, 5.74) is 0. The van der Waals surface area contributed by atoms with Crippen LogP contribution in [0.4, 0.5) is 0 Å². The van der Waals surface area contributed by atoms with Crippen LogP contribution in [0.25, 0.3) is 0 Å². The maximum atomic E-state index is 12.8. The molecule has 8 aliphatic rings. The molecule has 0 aromatic heterocycles. The molecule has 95 heavy (non-hydrogen) atoms. The summed E-state index contributed by atoms with van der Waals surface area (Å²) in [6.45, 7) is -6.39. The fraction of sp³-hybridized carbons (Fsp3) is 0.962. The smallest absolute Gasteiger partial charge is 0.217 e. The van der Waals surface area contributed by atoms with Gasteiger partial charge < -0.3 is 204 Å². The molecule has 552 valence electrons. The predicted molar refractivity (Wildman–Crippen MR) is 288 cm³/mol. The molecule has 8 saturated heterocycles. The Morgan fingerprint density at radius 2 is 0.568 bits per heavy atom. The highest BCUT2D eigenvalue weighted by Gasteiger charge is 2.60. The monoisotopic (exact) mass is 1400 g/mol.